The van der Waals surface area contributed by atoms with E-state index < -0.39 is 12.1 Å². The van der Waals surface area contributed by atoms with Crippen LogP contribution in [0.5, 0.6) is 0 Å². The number of rotatable bonds is 3. The highest BCUT2D eigenvalue weighted by Crippen LogP contribution is 2.13. The van der Waals surface area contributed by atoms with E-state index in [0.717, 1.165) is 12.8 Å². The molecule has 0 aromatic heterocycles. The fraction of sp³-hybridized carbons (Fsp3) is 0.833. The quantitative estimate of drug-likeness (QED) is 0.581. The number of hydrogen-bond acceptors (Lipinski definition) is 3. The van der Waals surface area contributed by atoms with Gasteiger partial charge >= 0.3 is 12.1 Å². The summed E-state index contributed by atoms with van der Waals surface area (Å²) in [6.45, 7) is 0.390. The van der Waals surface area contributed by atoms with E-state index in [2.05, 4.69) is 0 Å². The van der Waals surface area contributed by atoms with E-state index in [-0.39, 0.29) is 13.2 Å². The molecule has 0 spiro atoms. The second-order valence-electron chi connectivity index (χ2n) is 1.96. The minimum absolute atomic E-state index is 0.195. The molecule has 4 nitrogen and oxygen atoms in total. The lowest BCUT2D eigenvalue weighted by molar-refractivity contribution is -0.192. The molecule has 0 fully saturated rings. The second kappa shape index (κ2) is 7.81. The Balaban J connectivity index is 0. The molecule has 0 amide bonds. The van der Waals surface area contributed by atoms with Gasteiger partial charge in [0.1, 0.15) is 0 Å². The molecular weight excluding hydrogens is 193 g/mol. The van der Waals surface area contributed by atoms with E-state index in [4.69, 9.17) is 20.1 Å². The average molecular weight is 204 g/mol. The van der Waals surface area contributed by atoms with Crippen molar-refractivity contribution < 1.29 is 33.3 Å². The number of carboxylic acids is 1. The lowest BCUT2D eigenvalue weighted by atomic mass is 10.3. The number of carbonyl (C=O) groups is 1. The Morgan fingerprint density at radius 1 is 1.08 bits per heavy atom. The second-order valence-corrected chi connectivity index (χ2v) is 1.96. The monoisotopic (exact) mass is 204 g/mol. The molecule has 0 heterocycles. The van der Waals surface area contributed by atoms with Crippen LogP contribution in [0.25, 0.3) is 0 Å². The molecule has 0 rings (SSSR count). The summed E-state index contributed by atoms with van der Waals surface area (Å²) in [5.41, 5.74) is 0. The van der Waals surface area contributed by atoms with Crippen LogP contribution in [0, 0.1) is 0 Å². The minimum Gasteiger partial charge on any atom is -0.475 e. The molecule has 0 aromatic carbocycles. The Morgan fingerprint density at radius 2 is 1.31 bits per heavy atom. The number of alkyl halides is 3. The highest BCUT2D eigenvalue weighted by atomic mass is 19.4. The van der Waals surface area contributed by atoms with E-state index in [0.29, 0.717) is 0 Å². The zero-order valence-electron chi connectivity index (χ0n) is 6.71. The Kier molecular flexibility index (Phi) is 8.83. The summed E-state index contributed by atoms with van der Waals surface area (Å²) >= 11 is 0. The van der Waals surface area contributed by atoms with Crippen LogP contribution in [0.4, 0.5) is 13.2 Å². The van der Waals surface area contributed by atoms with Gasteiger partial charge < -0.3 is 15.3 Å². The number of hydrogen-bond donors (Lipinski definition) is 3. The van der Waals surface area contributed by atoms with Gasteiger partial charge in [-0.25, -0.2) is 4.79 Å². The van der Waals surface area contributed by atoms with Crippen molar-refractivity contribution in [3.63, 3.8) is 0 Å². The minimum atomic E-state index is -5.08. The standard InChI is InChI=1S/C4H10O2.C2HF3O2/c5-3-1-2-4-6;3-2(4,5)1(6)7/h5-6H,1-4H2;(H,6,7). The van der Waals surface area contributed by atoms with Crippen LogP contribution < -0.4 is 0 Å². The maximum atomic E-state index is 10.6. The molecule has 0 saturated heterocycles. The third-order valence-corrected chi connectivity index (χ3v) is 0.809. The molecule has 0 atom stereocenters. The Hall–Kier alpha value is -0.820. The first-order valence-corrected chi connectivity index (χ1v) is 3.38. The van der Waals surface area contributed by atoms with Crippen LogP contribution in [0.1, 0.15) is 12.8 Å². The average Bonchev–Trinajstić information content (AvgIpc) is 2.00. The molecule has 0 radical (unpaired) electrons. The van der Waals surface area contributed by atoms with Gasteiger partial charge in [0.15, 0.2) is 0 Å². The van der Waals surface area contributed by atoms with Crippen molar-refractivity contribution in [2.45, 2.75) is 19.0 Å². The molecule has 0 unspecified atom stereocenters. The predicted molar refractivity (Wildman–Crippen MR) is 37.1 cm³/mol. The summed E-state index contributed by atoms with van der Waals surface area (Å²) in [5.74, 6) is -2.76. The van der Waals surface area contributed by atoms with E-state index in [1.165, 1.54) is 0 Å². The zero-order valence-corrected chi connectivity index (χ0v) is 6.71. The number of aliphatic carboxylic acids is 1. The summed E-state index contributed by atoms with van der Waals surface area (Å²) in [6.07, 6.45) is -3.65. The first-order chi connectivity index (χ1) is 5.86. The van der Waals surface area contributed by atoms with Gasteiger partial charge in [-0.2, -0.15) is 13.2 Å². The molecule has 3 N–H and O–H groups in total. The van der Waals surface area contributed by atoms with Crippen molar-refractivity contribution in [2.24, 2.45) is 0 Å². The topological polar surface area (TPSA) is 77.8 Å². The summed E-state index contributed by atoms with van der Waals surface area (Å²) in [6, 6.07) is 0. The normalized spacial score (nSPS) is 10.2. The van der Waals surface area contributed by atoms with Gasteiger partial charge in [-0.3, -0.25) is 0 Å². The highest BCUT2D eigenvalue weighted by molar-refractivity contribution is 5.73. The molecule has 13 heavy (non-hydrogen) atoms. The first kappa shape index (κ1) is 14.7. The summed E-state index contributed by atoms with van der Waals surface area (Å²) < 4.78 is 31.7. The van der Waals surface area contributed by atoms with Gasteiger partial charge in [0, 0.05) is 13.2 Å². The van der Waals surface area contributed by atoms with Gasteiger partial charge in [0.25, 0.3) is 0 Å². The molecule has 0 aromatic rings. The maximum Gasteiger partial charge on any atom is 0.490 e. The fourth-order valence-electron chi connectivity index (χ4n) is 0.224. The number of halogens is 3. The van der Waals surface area contributed by atoms with E-state index in [9.17, 15) is 13.2 Å². The highest BCUT2D eigenvalue weighted by Gasteiger charge is 2.38. The third kappa shape index (κ3) is 14.1. The molecular formula is C6H11F3O4. The molecule has 7 heteroatoms. The number of unbranched alkanes of at least 4 members (excludes halogenated alkanes) is 1. The van der Waals surface area contributed by atoms with Crippen molar-refractivity contribution in [3.05, 3.63) is 0 Å². The Bertz CT molecular complexity index is 130. The van der Waals surface area contributed by atoms with Gasteiger partial charge in [-0.1, -0.05) is 0 Å². The fourth-order valence-corrected chi connectivity index (χ4v) is 0.224. The van der Waals surface area contributed by atoms with Crippen molar-refractivity contribution in [2.75, 3.05) is 13.2 Å². The molecule has 0 aliphatic carbocycles. The van der Waals surface area contributed by atoms with Gasteiger partial charge in [0.05, 0.1) is 0 Å². The molecule has 0 bridgehead atoms. The van der Waals surface area contributed by atoms with Gasteiger partial charge in [-0.05, 0) is 12.8 Å². The lowest BCUT2D eigenvalue weighted by Crippen LogP contribution is -2.21. The summed E-state index contributed by atoms with van der Waals surface area (Å²) in [5, 5.41) is 23.3. The molecule has 0 saturated carbocycles. The molecule has 0 aliphatic heterocycles. The third-order valence-electron chi connectivity index (χ3n) is 0.809. The molecule has 0 aliphatic rings. The van der Waals surface area contributed by atoms with Crippen LogP contribution >= 0.6 is 0 Å². The van der Waals surface area contributed by atoms with Crippen molar-refractivity contribution in [1.29, 1.82) is 0 Å². The summed E-state index contributed by atoms with van der Waals surface area (Å²) in [7, 11) is 0. The van der Waals surface area contributed by atoms with E-state index >= 15 is 0 Å². The smallest absolute Gasteiger partial charge is 0.475 e. The zero-order chi connectivity index (χ0) is 10.9. The number of carboxylic acid groups (broad SMARTS) is 1. The van der Waals surface area contributed by atoms with Crippen molar-refractivity contribution >= 4 is 5.97 Å². The lowest BCUT2D eigenvalue weighted by Gasteiger charge is -1.93. The SMILES string of the molecule is O=C(O)C(F)(F)F.OCCCCO. The van der Waals surface area contributed by atoms with E-state index in [1.54, 1.807) is 0 Å². The van der Waals surface area contributed by atoms with Crippen molar-refractivity contribution in [1.82, 2.24) is 0 Å². The number of aliphatic hydroxyl groups excluding tert-OH is 2. The Labute approximate surface area is 72.6 Å². The van der Waals surface area contributed by atoms with Crippen LogP contribution in [-0.4, -0.2) is 40.7 Å². The van der Waals surface area contributed by atoms with E-state index in [1.807, 2.05) is 0 Å². The summed E-state index contributed by atoms with van der Waals surface area (Å²) in [4.78, 5) is 8.90. The largest absolute Gasteiger partial charge is 0.490 e. The Morgan fingerprint density at radius 3 is 1.38 bits per heavy atom. The van der Waals surface area contributed by atoms with Crippen LogP contribution in [-0.2, 0) is 4.79 Å². The van der Waals surface area contributed by atoms with Crippen molar-refractivity contribution in [3.8, 4) is 0 Å². The maximum absolute atomic E-state index is 10.6. The van der Waals surface area contributed by atoms with Crippen LogP contribution in [0.2, 0.25) is 0 Å². The first-order valence-electron chi connectivity index (χ1n) is 3.38. The predicted octanol–water partition coefficient (Wildman–Crippen LogP) is 0.385. The van der Waals surface area contributed by atoms with Crippen LogP contribution in [0.3, 0.4) is 0 Å². The molecule has 80 valence electrons. The van der Waals surface area contributed by atoms with Gasteiger partial charge in [0.2, 0.25) is 0 Å². The van der Waals surface area contributed by atoms with Crippen LogP contribution in [0.15, 0.2) is 0 Å². The van der Waals surface area contributed by atoms with Gasteiger partial charge in [-0.15, -0.1) is 0 Å². The number of aliphatic hydroxyl groups is 2.